The highest BCUT2D eigenvalue weighted by Gasteiger charge is 2.16. The van der Waals surface area contributed by atoms with Crippen LogP contribution in [0.2, 0.25) is 10.0 Å². The molecule has 22 heavy (non-hydrogen) atoms. The molecule has 1 aromatic carbocycles. The van der Waals surface area contributed by atoms with E-state index in [1.54, 1.807) is 38.1 Å². The molecule has 0 radical (unpaired) electrons. The summed E-state index contributed by atoms with van der Waals surface area (Å²) >= 11 is 12.0. The third-order valence-corrected chi connectivity index (χ3v) is 4.12. The number of benzene rings is 1. The van der Waals surface area contributed by atoms with Crippen molar-refractivity contribution in [1.82, 2.24) is 4.98 Å². The molecule has 0 bridgehead atoms. The number of nitrogens with one attached hydrogen (secondary N) is 1. The number of aryl methyl sites for hydroxylation is 1. The van der Waals surface area contributed by atoms with Crippen molar-refractivity contribution in [1.29, 1.82) is 0 Å². The number of rotatable bonds is 4. The number of aromatic carboxylic acids is 1. The highest BCUT2D eigenvalue weighted by atomic mass is 35.5. The van der Waals surface area contributed by atoms with Crippen LogP contribution in [0.4, 0.5) is 0 Å². The minimum Gasteiger partial charge on any atom is -0.543 e. The lowest BCUT2D eigenvalue weighted by molar-refractivity contribution is -0.255. The molecule has 2 rings (SSSR count). The summed E-state index contributed by atoms with van der Waals surface area (Å²) in [6.07, 6.45) is 2.88. The zero-order valence-corrected chi connectivity index (χ0v) is 13.4. The number of hydrogen-bond donors (Lipinski definition) is 1. The molecular formula is C16H12Cl2NO3-. The summed E-state index contributed by atoms with van der Waals surface area (Å²) in [5, 5.41) is 11.7. The second kappa shape index (κ2) is 6.38. The van der Waals surface area contributed by atoms with Crippen LogP contribution >= 0.6 is 23.2 Å². The number of H-pyrrole nitrogens is 1. The molecule has 1 aromatic heterocycles. The summed E-state index contributed by atoms with van der Waals surface area (Å²) in [7, 11) is 0. The first-order valence-electron chi connectivity index (χ1n) is 6.40. The SMILES string of the molecule is Cc1[nH]c(C(=O)[O-])c(C)c1C(=O)/C=C/c1cccc(Cl)c1Cl. The van der Waals surface area contributed by atoms with Crippen molar-refractivity contribution >= 4 is 41.0 Å². The van der Waals surface area contributed by atoms with E-state index in [9.17, 15) is 14.7 Å². The molecule has 2 aromatic rings. The van der Waals surface area contributed by atoms with Crippen LogP contribution < -0.4 is 5.11 Å². The van der Waals surface area contributed by atoms with E-state index in [0.29, 0.717) is 32.4 Å². The zero-order chi connectivity index (χ0) is 16.4. The topological polar surface area (TPSA) is 73.0 Å². The average molecular weight is 337 g/mol. The third kappa shape index (κ3) is 3.08. The van der Waals surface area contributed by atoms with Gasteiger partial charge in [0.15, 0.2) is 5.78 Å². The van der Waals surface area contributed by atoms with Crippen molar-refractivity contribution in [2.45, 2.75) is 13.8 Å². The lowest BCUT2D eigenvalue weighted by atomic mass is 10.0. The van der Waals surface area contributed by atoms with Crippen molar-refractivity contribution in [2.75, 3.05) is 0 Å². The first-order valence-corrected chi connectivity index (χ1v) is 7.15. The number of carboxylic acid groups (broad SMARTS) is 1. The van der Waals surface area contributed by atoms with Gasteiger partial charge in [0.1, 0.15) is 0 Å². The largest absolute Gasteiger partial charge is 0.543 e. The molecule has 4 nitrogen and oxygen atoms in total. The minimum absolute atomic E-state index is 0.0879. The second-order valence-electron chi connectivity index (χ2n) is 4.75. The fourth-order valence-electron chi connectivity index (χ4n) is 2.22. The fraction of sp³-hybridized carbons (Fsp3) is 0.125. The van der Waals surface area contributed by atoms with Gasteiger partial charge in [-0.05, 0) is 43.2 Å². The lowest BCUT2D eigenvalue weighted by Gasteiger charge is -2.01. The van der Waals surface area contributed by atoms with E-state index in [1.807, 2.05) is 0 Å². The number of halogens is 2. The monoisotopic (exact) mass is 336 g/mol. The summed E-state index contributed by atoms with van der Waals surface area (Å²) in [5.74, 6) is -1.67. The van der Waals surface area contributed by atoms with E-state index in [0.717, 1.165) is 0 Å². The molecule has 6 heteroatoms. The molecule has 0 aliphatic heterocycles. The van der Waals surface area contributed by atoms with Gasteiger partial charge in [-0.15, -0.1) is 0 Å². The molecular weight excluding hydrogens is 325 g/mol. The van der Waals surface area contributed by atoms with Gasteiger partial charge in [-0.25, -0.2) is 0 Å². The van der Waals surface area contributed by atoms with E-state index < -0.39 is 5.97 Å². The van der Waals surface area contributed by atoms with E-state index >= 15 is 0 Å². The standard InChI is InChI=1S/C16H13Cl2NO3/c1-8-13(9(2)19-15(8)16(21)22)12(20)7-6-10-4-3-5-11(17)14(10)18/h3-7,19H,1-2H3,(H,21,22)/p-1/b7-6+. The Morgan fingerprint density at radius 3 is 2.50 bits per heavy atom. The molecule has 0 unspecified atom stereocenters. The van der Waals surface area contributed by atoms with Crippen molar-refractivity contribution in [3.63, 3.8) is 0 Å². The minimum atomic E-state index is -1.35. The molecule has 0 saturated heterocycles. The number of hydrogen-bond acceptors (Lipinski definition) is 3. The summed E-state index contributed by atoms with van der Waals surface area (Å²) in [5.41, 5.74) is 1.66. The summed E-state index contributed by atoms with van der Waals surface area (Å²) in [6.45, 7) is 3.19. The molecule has 0 aliphatic carbocycles. The first kappa shape index (κ1) is 16.3. The maximum absolute atomic E-state index is 12.3. The summed E-state index contributed by atoms with van der Waals surface area (Å²) in [4.78, 5) is 25.9. The van der Waals surface area contributed by atoms with E-state index in [-0.39, 0.29) is 11.5 Å². The molecule has 0 atom stereocenters. The molecule has 0 fully saturated rings. The van der Waals surface area contributed by atoms with Gasteiger partial charge in [0.25, 0.3) is 0 Å². The van der Waals surface area contributed by atoms with Crippen LogP contribution in [0.15, 0.2) is 24.3 Å². The maximum atomic E-state index is 12.3. The fourth-order valence-corrected chi connectivity index (χ4v) is 2.59. The number of carbonyl (C=O) groups excluding carboxylic acids is 2. The van der Waals surface area contributed by atoms with Crippen LogP contribution in [0.25, 0.3) is 6.08 Å². The van der Waals surface area contributed by atoms with Gasteiger partial charge < -0.3 is 14.9 Å². The number of ketones is 1. The Labute approximate surface area is 137 Å². The Hall–Kier alpha value is -2.04. The van der Waals surface area contributed by atoms with E-state index in [4.69, 9.17) is 23.2 Å². The van der Waals surface area contributed by atoms with Gasteiger partial charge in [-0.1, -0.05) is 35.3 Å². The molecule has 0 saturated carbocycles. The molecule has 0 aliphatic rings. The Bertz CT molecular complexity index is 791. The van der Waals surface area contributed by atoms with Gasteiger partial charge in [0.05, 0.1) is 21.7 Å². The molecule has 0 spiro atoms. The Kier molecular flexibility index (Phi) is 4.74. The number of allylic oxidation sites excluding steroid dienone is 1. The zero-order valence-electron chi connectivity index (χ0n) is 11.9. The highest BCUT2D eigenvalue weighted by molar-refractivity contribution is 6.42. The van der Waals surface area contributed by atoms with Crippen molar-refractivity contribution in [3.05, 3.63) is 62.4 Å². The Morgan fingerprint density at radius 2 is 1.91 bits per heavy atom. The first-order chi connectivity index (χ1) is 10.3. The van der Waals surface area contributed by atoms with Gasteiger partial charge in [-0.2, -0.15) is 0 Å². The lowest BCUT2D eigenvalue weighted by Crippen LogP contribution is -2.23. The molecule has 1 heterocycles. The average Bonchev–Trinajstić information content (AvgIpc) is 2.75. The number of carbonyl (C=O) groups is 2. The van der Waals surface area contributed by atoms with E-state index in [2.05, 4.69) is 4.98 Å². The van der Waals surface area contributed by atoms with Crippen LogP contribution in [0.1, 0.15) is 37.7 Å². The molecule has 114 valence electrons. The smallest absolute Gasteiger partial charge is 0.187 e. The second-order valence-corrected chi connectivity index (χ2v) is 5.54. The van der Waals surface area contributed by atoms with Crippen molar-refractivity contribution < 1.29 is 14.7 Å². The highest BCUT2D eigenvalue weighted by Crippen LogP contribution is 2.27. The predicted octanol–water partition coefficient (Wildman–Crippen LogP) is 3.20. The van der Waals surface area contributed by atoms with Gasteiger partial charge >= 0.3 is 0 Å². The van der Waals surface area contributed by atoms with Gasteiger partial charge in [0, 0.05) is 11.3 Å². The maximum Gasteiger partial charge on any atom is 0.187 e. The number of aromatic amines is 1. The number of carboxylic acids is 1. The van der Waals surface area contributed by atoms with Crippen LogP contribution in [0, 0.1) is 13.8 Å². The molecule has 0 amide bonds. The predicted molar refractivity (Wildman–Crippen MR) is 84.4 cm³/mol. The van der Waals surface area contributed by atoms with Crippen LogP contribution in [0.3, 0.4) is 0 Å². The van der Waals surface area contributed by atoms with Crippen LogP contribution in [-0.2, 0) is 0 Å². The van der Waals surface area contributed by atoms with Crippen LogP contribution in [-0.4, -0.2) is 16.7 Å². The van der Waals surface area contributed by atoms with Gasteiger partial charge in [-0.3, -0.25) is 4.79 Å². The normalized spacial score (nSPS) is 11.1. The summed E-state index contributed by atoms with van der Waals surface area (Å²) in [6, 6.07) is 5.09. The Morgan fingerprint density at radius 1 is 1.23 bits per heavy atom. The summed E-state index contributed by atoms with van der Waals surface area (Å²) < 4.78 is 0. The van der Waals surface area contributed by atoms with Gasteiger partial charge in [0.2, 0.25) is 0 Å². The third-order valence-electron chi connectivity index (χ3n) is 3.28. The van der Waals surface area contributed by atoms with E-state index in [1.165, 1.54) is 6.08 Å². The van der Waals surface area contributed by atoms with Crippen molar-refractivity contribution in [2.24, 2.45) is 0 Å². The Balaban J connectivity index is 2.36. The van der Waals surface area contributed by atoms with Crippen molar-refractivity contribution in [3.8, 4) is 0 Å². The van der Waals surface area contributed by atoms with Crippen LogP contribution in [0.5, 0.6) is 0 Å². The quantitative estimate of drug-likeness (QED) is 0.688. The molecule has 1 N–H and O–H groups in total. The number of aromatic nitrogens is 1.